The molecule has 8 unspecified atom stereocenters. The van der Waals surface area contributed by atoms with Crippen LogP contribution in [0.3, 0.4) is 0 Å². The Morgan fingerprint density at radius 2 is 1.50 bits per heavy atom. The maximum atomic E-state index is 2.58. The Labute approximate surface area is 136 Å². The summed E-state index contributed by atoms with van der Waals surface area (Å²) in [5, 5.41) is 0. The zero-order valence-electron chi connectivity index (χ0n) is 11.5. The van der Waals surface area contributed by atoms with Crippen molar-refractivity contribution in [2.45, 2.75) is 33.1 Å². The normalized spacial score (nSPS) is 58.1. The maximum absolute atomic E-state index is 2.58. The molecule has 5 aliphatic carbocycles. The largest absolute Gasteiger partial charge is 0.0848 e. The van der Waals surface area contributed by atoms with Crippen LogP contribution in [0.1, 0.15) is 33.1 Å². The first kappa shape index (κ1) is 12.3. The molecule has 5 rings (SSSR count). The molecule has 0 aliphatic heterocycles. The number of hydrogen-bond donors (Lipinski definition) is 0. The van der Waals surface area contributed by atoms with Crippen molar-refractivity contribution in [2.24, 2.45) is 47.3 Å². The van der Waals surface area contributed by atoms with Gasteiger partial charge in [0.25, 0.3) is 0 Å². The topological polar surface area (TPSA) is 0 Å². The van der Waals surface area contributed by atoms with Gasteiger partial charge >= 0.3 is 0 Å². The summed E-state index contributed by atoms with van der Waals surface area (Å²) in [4.78, 5) is 0. The molecule has 0 saturated heterocycles. The molecule has 3 fully saturated rings. The molecule has 5 aliphatic rings. The van der Waals surface area contributed by atoms with Crippen LogP contribution in [0, 0.1) is 47.3 Å². The van der Waals surface area contributed by atoms with Crippen LogP contribution in [0.2, 0.25) is 0 Å². The molecular formula is C17H22Y. The van der Waals surface area contributed by atoms with Crippen LogP contribution < -0.4 is 0 Å². The Bertz CT molecular complexity index is 460. The predicted molar refractivity (Wildman–Crippen MR) is 69.3 cm³/mol. The summed E-state index contributed by atoms with van der Waals surface area (Å²) in [6, 6.07) is 0. The molecule has 18 heavy (non-hydrogen) atoms. The SMILES string of the molecule is CC1=C(C)C2CC1C1CC3C4C=CC(C4)C3C21.[Y]. The van der Waals surface area contributed by atoms with E-state index in [2.05, 4.69) is 26.0 Å². The standard InChI is InChI=1S/C17H22.Y/c1-8-9(2)13-6-12(8)15-7-14-10-3-4-11(5-10)16(14)17(13)15;/h3-4,10-17H,5-7H2,1-2H3;. The fraction of sp³-hybridized carbons (Fsp3) is 0.765. The van der Waals surface area contributed by atoms with Gasteiger partial charge in [-0.25, -0.2) is 0 Å². The summed E-state index contributed by atoms with van der Waals surface area (Å²) >= 11 is 0. The molecule has 8 atom stereocenters. The number of rotatable bonds is 0. The maximum Gasteiger partial charge on any atom is 0 e. The van der Waals surface area contributed by atoms with Crippen molar-refractivity contribution >= 4 is 0 Å². The molecule has 4 bridgehead atoms. The number of hydrogen-bond acceptors (Lipinski definition) is 0. The predicted octanol–water partition coefficient (Wildman–Crippen LogP) is 4.04. The molecule has 0 amide bonds. The van der Waals surface area contributed by atoms with Gasteiger partial charge in [0.05, 0.1) is 0 Å². The Hall–Kier alpha value is 0.584. The third kappa shape index (κ3) is 1.21. The molecule has 0 nitrogen and oxygen atoms in total. The van der Waals surface area contributed by atoms with E-state index >= 15 is 0 Å². The van der Waals surface area contributed by atoms with Crippen molar-refractivity contribution in [3.05, 3.63) is 23.3 Å². The first-order valence-electron chi connectivity index (χ1n) is 7.61. The van der Waals surface area contributed by atoms with Crippen molar-refractivity contribution in [3.63, 3.8) is 0 Å². The smallest absolute Gasteiger partial charge is 0 e. The molecule has 0 aromatic carbocycles. The van der Waals surface area contributed by atoms with Crippen molar-refractivity contribution < 1.29 is 32.7 Å². The van der Waals surface area contributed by atoms with Crippen LogP contribution in [0.25, 0.3) is 0 Å². The van der Waals surface area contributed by atoms with Crippen molar-refractivity contribution in [2.75, 3.05) is 0 Å². The fourth-order valence-corrected chi connectivity index (χ4v) is 6.78. The van der Waals surface area contributed by atoms with E-state index in [1.165, 1.54) is 12.8 Å². The summed E-state index contributed by atoms with van der Waals surface area (Å²) < 4.78 is 0. The Kier molecular flexibility index (Phi) is 2.62. The summed E-state index contributed by atoms with van der Waals surface area (Å²) in [7, 11) is 0. The van der Waals surface area contributed by atoms with Crippen molar-refractivity contribution in [1.29, 1.82) is 0 Å². The monoisotopic (exact) mass is 315 g/mol. The second-order valence-corrected chi connectivity index (χ2v) is 7.48. The van der Waals surface area contributed by atoms with E-state index < -0.39 is 0 Å². The van der Waals surface area contributed by atoms with E-state index in [1.807, 2.05) is 0 Å². The molecule has 0 spiro atoms. The van der Waals surface area contributed by atoms with E-state index in [4.69, 9.17) is 0 Å². The van der Waals surface area contributed by atoms with Gasteiger partial charge in [-0.3, -0.25) is 0 Å². The molecule has 93 valence electrons. The zero-order chi connectivity index (χ0) is 11.3. The van der Waals surface area contributed by atoms with Gasteiger partial charge in [0, 0.05) is 32.7 Å². The molecule has 0 aromatic heterocycles. The molecule has 1 radical (unpaired) electrons. The van der Waals surface area contributed by atoms with E-state index in [1.54, 1.807) is 17.6 Å². The molecule has 0 N–H and O–H groups in total. The fourth-order valence-electron chi connectivity index (χ4n) is 6.78. The minimum Gasteiger partial charge on any atom is -0.0848 e. The van der Waals surface area contributed by atoms with Gasteiger partial charge in [0.1, 0.15) is 0 Å². The minimum absolute atomic E-state index is 0. The zero-order valence-corrected chi connectivity index (χ0v) is 14.3. The number of allylic oxidation sites excluding steroid dienone is 4. The van der Waals surface area contributed by atoms with Gasteiger partial charge < -0.3 is 0 Å². The molecule has 1 heteroatoms. The van der Waals surface area contributed by atoms with E-state index in [0.717, 1.165) is 47.3 Å². The van der Waals surface area contributed by atoms with Gasteiger partial charge in [0.2, 0.25) is 0 Å². The van der Waals surface area contributed by atoms with Crippen molar-refractivity contribution in [1.82, 2.24) is 0 Å². The Morgan fingerprint density at radius 3 is 2.33 bits per heavy atom. The first-order chi connectivity index (χ1) is 8.25. The molecule has 0 aromatic rings. The third-order valence-corrected chi connectivity index (χ3v) is 7.40. The second-order valence-electron chi connectivity index (χ2n) is 7.48. The van der Waals surface area contributed by atoms with Gasteiger partial charge in [-0.05, 0) is 80.5 Å². The Balaban J connectivity index is 0.000000882. The third-order valence-electron chi connectivity index (χ3n) is 7.40. The quantitative estimate of drug-likeness (QED) is 0.592. The van der Waals surface area contributed by atoms with Crippen LogP contribution in [-0.4, -0.2) is 0 Å². The summed E-state index contributed by atoms with van der Waals surface area (Å²) in [6.45, 7) is 4.86. The number of fused-ring (bicyclic) bond motifs is 11. The molecule has 3 saturated carbocycles. The van der Waals surface area contributed by atoms with Gasteiger partial charge in [-0.2, -0.15) is 0 Å². The van der Waals surface area contributed by atoms with E-state index in [9.17, 15) is 0 Å². The average Bonchev–Trinajstić information content (AvgIpc) is 3.03. The van der Waals surface area contributed by atoms with Crippen LogP contribution >= 0.6 is 0 Å². The Morgan fingerprint density at radius 1 is 0.778 bits per heavy atom. The second kappa shape index (κ2) is 3.82. The molecule has 0 heterocycles. The summed E-state index contributed by atoms with van der Waals surface area (Å²) in [5.41, 5.74) is 3.58. The van der Waals surface area contributed by atoms with E-state index in [-0.39, 0.29) is 32.7 Å². The van der Waals surface area contributed by atoms with Crippen LogP contribution in [0.5, 0.6) is 0 Å². The van der Waals surface area contributed by atoms with Crippen molar-refractivity contribution in [3.8, 4) is 0 Å². The summed E-state index contributed by atoms with van der Waals surface area (Å²) in [5.74, 6) is 8.31. The first-order valence-corrected chi connectivity index (χ1v) is 7.61. The van der Waals surface area contributed by atoms with E-state index in [0.29, 0.717) is 0 Å². The minimum atomic E-state index is 0. The van der Waals surface area contributed by atoms with Gasteiger partial charge in [-0.15, -0.1) is 0 Å². The molecular weight excluding hydrogens is 293 g/mol. The van der Waals surface area contributed by atoms with Crippen LogP contribution in [0.4, 0.5) is 0 Å². The van der Waals surface area contributed by atoms with Gasteiger partial charge in [0.15, 0.2) is 0 Å². The van der Waals surface area contributed by atoms with Crippen LogP contribution in [0.15, 0.2) is 23.3 Å². The van der Waals surface area contributed by atoms with Crippen LogP contribution in [-0.2, 0) is 32.7 Å². The van der Waals surface area contributed by atoms with Gasteiger partial charge in [-0.1, -0.05) is 23.3 Å². The average molecular weight is 315 g/mol. The summed E-state index contributed by atoms with van der Waals surface area (Å²) in [6.07, 6.45) is 9.75.